The van der Waals surface area contributed by atoms with Gasteiger partial charge < -0.3 is 52.3 Å². The molecule has 0 saturated heterocycles. The molecule has 0 spiro atoms. The summed E-state index contributed by atoms with van der Waals surface area (Å²) in [5.41, 5.74) is 11.7. The Balaban J connectivity index is 1.77. The highest BCUT2D eigenvalue weighted by molar-refractivity contribution is 5.95. The Kier molecular flexibility index (Phi) is 27.5. The molecule has 0 aromatic heterocycles. The second-order valence-corrected chi connectivity index (χ2v) is 18.6. The van der Waals surface area contributed by atoms with Crippen LogP contribution in [0.15, 0.2) is 97.1 Å². The van der Waals surface area contributed by atoms with Crippen molar-refractivity contribution in [1.82, 2.24) is 0 Å². The monoisotopic (exact) mass is 1070 g/mol. The summed E-state index contributed by atoms with van der Waals surface area (Å²) in [5.74, 6) is 0. The number of anilines is 14. The van der Waals surface area contributed by atoms with E-state index in [-0.39, 0.29) is 0 Å². The summed E-state index contributed by atoms with van der Waals surface area (Å²) in [4.78, 5) is 4.38. The predicted molar refractivity (Wildman–Crippen MR) is 323 cm³/mol. The van der Waals surface area contributed by atoms with Gasteiger partial charge in [0.2, 0.25) is 0 Å². The van der Waals surface area contributed by atoms with Crippen molar-refractivity contribution >= 4 is 79.6 Å². The first kappa shape index (κ1) is 60.9. The third kappa shape index (κ3) is 19.9. The van der Waals surface area contributed by atoms with Crippen LogP contribution in [0.5, 0.6) is 0 Å². The van der Waals surface area contributed by atoms with Crippen LogP contribution in [0.4, 0.5) is 79.6 Å². The topological polar surface area (TPSA) is 293 Å². The summed E-state index contributed by atoms with van der Waals surface area (Å²) in [6.45, 7) is 4.58. The maximum absolute atomic E-state index is 9.48. The molecule has 410 valence electrons. The lowest BCUT2D eigenvalue weighted by Crippen LogP contribution is -2.18. The molecule has 0 atom stereocenters. The molecule has 8 N–H and O–H groups in total. The van der Waals surface area contributed by atoms with Gasteiger partial charge in [-0.15, -0.1) is 0 Å². The average Bonchev–Trinajstić information content (AvgIpc) is 3.48. The van der Waals surface area contributed by atoms with E-state index in [0.717, 1.165) is 79.6 Å². The molecule has 5 aromatic carbocycles. The summed E-state index contributed by atoms with van der Waals surface area (Å²) in [6.07, 6.45) is 8.47. The van der Waals surface area contributed by atoms with E-state index in [1.54, 1.807) is 0 Å². The molecule has 18 nitrogen and oxygen atoms in total. The van der Waals surface area contributed by atoms with Gasteiger partial charge in [0.05, 0.1) is 94.1 Å². The third-order valence-electron chi connectivity index (χ3n) is 12.6. The van der Waals surface area contributed by atoms with E-state index in [1.165, 1.54) is 0 Å². The van der Waals surface area contributed by atoms with Crippen molar-refractivity contribution in [3.63, 3.8) is 0 Å². The second kappa shape index (κ2) is 36.1. The highest BCUT2D eigenvalue weighted by Crippen LogP contribution is 2.48. The molecule has 0 heterocycles. The average molecular weight is 1070 g/mol. The molecule has 0 saturated carbocycles. The van der Waals surface area contributed by atoms with Crippen molar-refractivity contribution in [1.29, 1.82) is 42.1 Å². The number of unbranched alkanes of at least 4 members (excludes halogenated alkanes) is 8. The standard InChI is InChI=1S/C62H72N18/c63-29-1-9-37-71-49-17-25-59(55(45-49)75-41-13-5-33-67)79(60-26-18-50(72-38-10-2-30-64)46-56(60)76-42-14-6-34-68)53-21-23-54(24-22-53)80(61-27-19-51(73-39-11-3-31-65)47-57(61)77-43-15-7-35-69)62-28-20-52(74-40-12-4-32-66)48-58(62)78-44-16-8-36-70/h17-28,45-48,71-78H,1-16,37-44H2. The fraction of sp³-hybridized carbons (Fsp3) is 0.387. The van der Waals surface area contributed by atoms with Crippen molar-refractivity contribution in [2.24, 2.45) is 0 Å². The lowest BCUT2D eigenvalue weighted by Gasteiger charge is -2.33. The zero-order valence-electron chi connectivity index (χ0n) is 45.7. The molecule has 0 fully saturated rings. The van der Waals surface area contributed by atoms with Gasteiger partial charge in [-0.2, -0.15) is 42.1 Å². The van der Waals surface area contributed by atoms with Gasteiger partial charge in [-0.05, 0) is 148 Å². The Morgan fingerprint density at radius 3 is 0.625 bits per heavy atom. The first-order chi connectivity index (χ1) is 39.4. The lowest BCUT2D eigenvalue weighted by molar-refractivity contribution is 0.893. The smallest absolute Gasteiger partial charge is 0.0695 e. The van der Waals surface area contributed by atoms with Crippen molar-refractivity contribution in [3.05, 3.63) is 97.1 Å². The summed E-state index contributed by atoms with van der Waals surface area (Å²) in [7, 11) is 0. The molecule has 0 aliphatic heterocycles. The SMILES string of the molecule is N#CCCCNc1ccc(N(c2ccc(N(c3ccc(NCCCC#N)cc3NCCCC#N)c3ccc(NCCCC#N)cc3NCCCC#N)cc2)c2ccc(NCCCC#N)cc2NCCCC#N)c(NCCCC#N)c1. The van der Waals surface area contributed by atoms with Gasteiger partial charge in [0, 0.05) is 138 Å². The molecule has 0 bridgehead atoms. The maximum Gasteiger partial charge on any atom is 0.0695 e. The maximum atomic E-state index is 9.48. The molecule has 5 aromatic rings. The summed E-state index contributed by atoms with van der Waals surface area (Å²) < 4.78 is 0. The minimum atomic E-state index is 0.382. The number of nitrogens with zero attached hydrogens (tertiary/aromatic N) is 10. The van der Waals surface area contributed by atoms with Crippen LogP contribution >= 0.6 is 0 Å². The Morgan fingerprint density at radius 1 is 0.250 bits per heavy atom. The summed E-state index contributed by atoms with van der Waals surface area (Å²) in [5, 5.41) is 103. The van der Waals surface area contributed by atoms with E-state index < -0.39 is 0 Å². The zero-order valence-corrected chi connectivity index (χ0v) is 45.7. The largest absolute Gasteiger partial charge is 0.385 e. The van der Waals surface area contributed by atoms with E-state index in [0.29, 0.717) is 155 Å². The normalized spacial score (nSPS) is 10.1. The minimum Gasteiger partial charge on any atom is -0.385 e. The van der Waals surface area contributed by atoms with Gasteiger partial charge in [0.25, 0.3) is 0 Å². The lowest BCUT2D eigenvalue weighted by atomic mass is 10.1. The molecule has 80 heavy (non-hydrogen) atoms. The minimum absolute atomic E-state index is 0.382. The molecule has 0 aliphatic rings. The van der Waals surface area contributed by atoms with Crippen LogP contribution in [0.2, 0.25) is 0 Å². The van der Waals surface area contributed by atoms with Crippen molar-refractivity contribution < 1.29 is 0 Å². The van der Waals surface area contributed by atoms with Crippen LogP contribution in [0.25, 0.3) is 0 Å². The number of benzene rings is 5. The third-order valence-corrected chi connectivity index (χ3v) is 12.6. The Hall–Kier alpha value is -9.98. The molecule has 0 aliphatic carbocycles. The van der Waals surface area contributed by atoms with Gasteiger partial charge in [0.1, 0.15) is 0 Å². The first-order valence-electron chi connectivity index (χ1n) is 27.6. The van der Waals surface area contributed by atoms with Gasteiger partial charge >= 0.3 is 0 Å². The molecule has 0 radical (unpaired) electrons. The fourth-order valence-corrected chi connectivity index (χ4v) is 8.66. The zero-order chi connectivity index (χ0) is 56.8. The fourth-order valence-electron chi connectivity index (χ4n) is 8.66. The highest BCUT2D eigenvalue weighted by atomic mass is 15.2. The molecule has 0 unspecified atom stereocenters. The number of rotatable bonds is 38. The number of nitrogens with one attached hydrogen (secondary N) is 8. The summed E-state index contributed by atoms with van der Waals surface area (Å²) in [6, 6.07) is 50.8. The van der Waals surface area contributed by atoms with Crippen molar-refractivity contribution in [3.8, 4) is 48.6 Å². The quantitative estimate of drug-likeness (QED) is 0.0170. The Bertz CT molecular complexity index is 2670. The van der Waals surface area contributed by atoms with Crippen LogP contribution < -0.4 is 52.3 Å². The van der Waals surface area contributed by atoms with Crippen LogP contribution in [0, 0.1) is 90.6 Å². The van der Waals surface area contributed by atoms with Gasteiger partial charge in [-0.25, -0.2) is 0 Å². The molecule has 0 amide bonds. The number of hydrogen-bond acceptors (Lipinski definition) is 18. The van der Waals surface area contributed by atoms with E-state index >= 15 is 0 Å². The number of nitriles is 8. The Morgan fingerprint density at radius 2 is 0.438 bits per heavy atom. The first-order valence-corrected chi connectivity index (χ1v) is 27.6. The highest BCUT2D eigenvalue weighted by Gasteiger charge is 2.24. The summed E-state index contributed by atoms with van der Waals surface area (Å²) >= 11 is 0. The van der Waals surface area contributed by atoms with E-state index in [2.05, 4.69) is 174 Å². The van der Waals surface area contributed by atoms with E-state index in [1.807, 2.05) is 24.3 Å². The van der Waals surface area contributed by atoms with E-state index in [9.17, 15) is 42.1 Å². The van der Waals surface area contributed by atoms with Crippen LogP contribution in [0.3, 0.4) is 0 Å². The molecular formula is C62H72N18. The second-order valence-electron chi connectivity index (χ2n) is 18.6. The van der Waals surface area contributed by atoms with E-state index in [4.69, 9.17) is 0 Å². The molecule has 5 rings (SSSR count). The molecular weight excluding hydrogens is 997 g/mol. The van der Waals surface area contributed by atoms with Gasteiger partial charge in [-0.3, -0.25) is 0 Å². The Labute approximate surface area is 472 Å². The van der Waals surface area contributed by atoms with Gasteiger partial charge in [-0.1, -0.05) is 0 Å². The molecule has 18 heteroatoms. The van der Waals surface area contributed by atoms with Gasteiger partial charge in [0.15, 0.2) is 0 Å². The van der Waals surface area contributed by atoms with Crippen molar-refractivity contribution in [2.45, 2.75) is 103 Å². The van der Waals surface area contributed by atoms with Crippen LogP contribution in [-0.4, -0.2) is 52.4 Å². The van der Waals surface area contributed by atoms with Crippen molar-refractivity contribution in [2.75, 3.05) is 105 Å². The predicted octanol–water partition coefficient (Wildman–Crippen LogP) is 14.4. The van der Waals surface area contributed by atoms with Crippen LogP contribution in [0.1, 0.15) is 103 Å². The van der Waals surface area contributed by atoms with Crippen LogP contribution in [-0.2, 0) is 0 Å². The number of hydrogen-bond donors (Lipinski definition) is 8.